The number of hydrazone groups is 1. The van der Waals surface area contributed by atoms with Crippen molar-refractivity contribution in [2.45, 2.75) is 26.8 Å². The van der Waals surface area contributed by atoms with Crippen LogP contribution in [0.25, 0.3) is 0 Å². The molecule has 0 aromatic rings. The number of amides is 3. The molecule has 3 aliphatic rings. The Bertz CT molecular complexity index is 776. The average molecular weight is 343 g/mol. The Kier molecular flexibility index (Phi) is 4.28. The van der Waals surface area contributed by atoms with Crippen molar-refractivity contribution in [3.63, 3.8) is 0 Å². The smallest absolute Gasteiger partial charge is 0.270 e. The van der Waals surface area contributed by atoms with E-state index in [9.17, 15) is 9.59 Å². The number of likely N-dealkylation sites (N-methyl/N-ethyl adjacent to an activating group) is 1. The fourth-order valence-electron chi connectivity index (χ4n) is 3.14. The maximum absolute atomic E-state index is 13.0. The Morgan fingerprint density at radius 1 is 1.44 bits per heavy atom. The van der Waals surface area contributed by atoms with Gasteiger partial charge in [0.05, 0.1) is 5.71 Å². The summed E-state index contributed by atoms with van der Waals surface area (Å²) in [7, 11) is 1.65. The molecular formula is C17H23N6O2+. The van der Waals surface area contributed by atoms with E-state index in [1.54, 1.807) is 18.1 Å². The Morgan fingerprint density at radius 3 is 2.80 bits per heavy atom. The van der Waals surface area contributed by atoms with Gasteiger partial charge in [-0.25, -0.2) is 9.37 Å². The lowest BCUT2D eigenvalue weighted by molar-refractivity contribution is -0.527. The van der Waals surface area contributed by atoms with Crippen LogP contribution >= 0.6 is 0 Å². The highest BCUT2D eigenvalue weighted by atomic mass is 16.2. The van der Waals surface area contributed by atoms with Crippen molar-refractivity contribution < 1.29 is 14.2 Å². The number of amidine groups is 1. The first-order chi connectivity index (χ1) is 11.8. The molecule has 0 N–H and O–H groups in total. The molecular weight excluding hydrogens is 320 g/mol. The Labute approximate surface area is 147 Å². The molecule has 0 aromatic heterocycles. The van der Waals surface area contributed by atoms with Crippen molar-refractivity contribution in [2.24, 2.45) is 10.1 Å². The van der Waals surface area contributed by atoms with Gasteiger partial charge in [0.15, 0.2) is 0 Å². The molecule has 0 aromatic carbocycles. The SMILES string of the molecule is C=C(C)CN1N=C(C)C[N+]2=C1N=C1C2C(=O)N(C/C=C/C)C(=O)N1C. The van der Waals surface area contributed by atoms with Crippen molar-refractivity contribution in [1.29, 1.82) is 0 Å². The third-order valence-electron chi connectivity index (χ3n) is 4.25. The van der Waals surface area contributed by atoms with Crippen LogP contribution in [-0.4, -0.2) is 81.6 Å². The number of allylic oxidation sites excluding steroid dienone is 1. The number of carbonyl (C=O) groups excluding carboxylic acids is 2. The molecule has 1 unspecified atom stereocenters. The Hall–Kier alpha value is -2.77. The fourth-order valence-corrected chi connectivity index (χ4v) is 3.14. The van der Waals surface area contributed by atoms with Gasteiger partial charge in [0.2, 0.25) is 11.9 Å². The zero-order valence-electron chi connectivity index (χ0n) is 15.1. The van der Waals surface area contributed by atoms with Gasteiger partial charge in [-0.2, -0.15) is 0 Å². The van der Waals surface area contributed by atoms with Gasteiger partial charge >= 0.3 is 12.0 Å². The number of guanidine groups is 1. The number of urea groups is 1. The van der Waals surface area contributed by atoms with Crippen molar-refractivity contribution >= 4 is 29.4 Å². The van der Waals surface area contributed by atoms with Crippen LogP contribution in [0.2, 0.25) is 0 Å². The standard InChI is InChI=1S/C17H23N6O2/c1-6-7-8-21-15(24)13-14(20(5)17(21)25)18-16-22(13)10-12(4)19-23(16)9-11(2)3/h6-7,13H,2,8-10H2,1,3-5H3/q+1/b7-6+. The molecule has 8 heteroatoms. The number of hydrogen-bond donors (Lipinski definition) is 0. The molecule has 3 amide bonds. The zero-order valence-corrected chi connectivity index (χ0v) is 15.1. The van der Waals surface area contributed by atoms with Gasteiger partial charge in [0.25, 0.3) is 5.91 Å². The molecule has 3 heterocycles. The van der Waals surface area contributed by atoms with Crippen molar-refractivity contribution in [1.82, 2.24) is 14.8 Å². The average Bonchev–Trinajstić information content (AvgIpc) is 2.92. The molecule has 1 fully saturated rings. The van der Waals surface area contributed by atoms with Crippen LogP contribution in [0.1, 0.15) is 20.8 Å². The summed E-state index contributed by atoms with van der Waals surface area (Å²) in [6.45, 7) is 10.9. The maximum Gasteiger partial charge on any atom is 0.417 e. The van der Waals surface area contributed by atoms with Gasteiger partial charge in [-0.05, 0) is 26.3 Å². The molecule has 8 nitrogen and oxygen atoms in total. The zero-order chi connectivity index (χ0) is 18.3. The van der Waals surface area contributed by atoms with Crippen LogP contribution in [0.4, 0.5) is 4.79 Å². The van der Waals surface area contributed by atoms with Gasteiger partial charge in [0.1, 0.15) is 13.1 Å². The lowest BCUT2D eigenvalue weighted by Gasteiger charge is -2.33. The molecule has 0 radical (unpaired) electrons. The molecule has 132 valence electrons. The topological polar surface area (TPSA) is 71.6 Å². The third kappa shape index (κ3) is 2.77. The highest BCUT2D eigenvalue weighted by molar-refractivity contribution is 6.23. The first-order valence-electron chi connectivity index (χ1n) is 8.23. The van der Waals surface area contributed by atoms with E-state index in [4.69, 9.17) is 0 Å². The molecule has 0 spiro atoms. The molecule has 1 atom stereocenters. The minimum Gasteiger partial charge on any atom is -0.270 e. The van der Waals surface area contributed by atoms with E-state index < -0.39 is 6.04 Å². The predicted octanol–water partition coefficient (Wildman–Crippen LogP) is 0.873. The van der Waals surface area contributed by atoms with E-state index in [1.165, 1.54) is 9.80 Å². The second kappa shape index (κ2) is 6.27. The normalized spacial score (nSPS) is 23.2. The molecule has 25 heavy (non-hydrogen) atoms. The van der Waals surface area contributed by atoms with Gasteiger partial charge < -0.3 is 0 Å². The summed E-state index contributed by atoms with van der Waals surface area (Å²) in [6.07, 6.45) is 3.62. The Balaban J connectivity index is 2.00. The van der Waals surface area contributed by atoms with Gasteiger partial charge in [0, 0.05) is 13.6 Å². The summed E-state index contributed by atoms with van der Waals surface area (Å²) in [5, 5.41) is 6.27. The van der Waals surface area contributed by atoms with Crippen molar-refractivity contribution in [3.05, 3.63) is 24.3 Å². The summed E-state index contributed by atoms with van der Waals surface area (Å²) in [4.78, 5) is 32.8. The second-order valence-electron chi connectivity index (χ2n) is 6.51. The first kappa shape index (κ1) is 17.1. The maximum atomic E-state index is 13.0. The largest absolute Gasteiger partial charge is 0.417 e. The minimum atomic E-state index is -0.596. The lowest BCUT2D eigenvalue weighted by Crippen LogP contribution is -2.63. The highest BCUT2D eigenvalue weighted by Gasteiger charge is 2.54. The molecule has 0 aliphatic carbocycles. The van der Waals surface area contributed by atoms with E-state index in [-0.39, 0.29) is 18.5 Å². The first-order valence-corrected chi connectivity index (χ1v) is 8.23. The fraction of sp³-hybridized carbons (Fsp3) is 0.471. The number of aliphatic imine (C=N–C) groups is 1. The monoisotopic (exact) mass is 343 g/mol. The van der Waals surface area contributed by atoms with Crippen LogP contribution in [0.3, 0.4) is 0 Å². The summed E-state index contributed by atoms with van der Waals surface area (Å²) < 4.78 is 1.91. The molecule has 1 saturated heterocycles. The molecule has 3 rings (SSSR count). The number of rotatable bonds is 4. The summed E-state index contributed by atoms with van der Waals surface area (Å²) in [6, 6.07) is -0.955. The van der Waals surface area contributed by atoms with E-state index in [2.05, 4.69) is 16.7 Å². The summed E-state index contributed by atoms with van der Waals surface area (Å²) in [5.41, 5.74) is 1.82. The Morgan fingerprint density at radius 2 is 2.16 bits per heavy atom. The van der Waals surface area contributed by atoms with Crippen molar-refractivity contribution in [3.8, 4) is 0 Å². The van der Waals surface area contributed by atoms with Crippen LogP contribution in [0.15, 0.2) is 34.4 Å². The quantitative estimate of drug-likeness (QED) is 0.562. The van der Waals surface area contributed by atoms with Crippen molar-refractivity contribution in [2.75, 3.05) is 26.7 Å². The van der Waals surface area contributed by atoms with Gasteiger partial charge in [-0.15, -0.1) is 10.1 Å². The third-order valence-corrected chi connectivity index (χ3v) is 4.25. The predicted molar refractivity (Wildman–Crippen MR) is 95.7 cm³/mol. The minimum absolute atomic E-state index is 0.250. The molecule has 0 saturated carbocycles. The number of hydrogen-bond acceptors (Lipinski definition) is 5. The summed E-state index contributed by atoms with van der Waals surface area (Å²) in [5.74, 6) is 0.799. The lowest BCUT2D eigenvalue weighted by atomic mass is 10.1. The van der Waals surface area contributed by atoms with Crippen LogP contribution in [0, 0.1) is 0 Å². The second-order valence-corrected chi connectivity index (χ2v) is 6.51. The molecule has 3 aliphatic heterocycles. The van der Waals surface area contributed by atoms with Crippen LogP contribution in [-0.2, 0) is 4.79 Å². The van der Waals surface area contributed by atoms with Gasteiger partial charge in [-0.1, -0.05) is 23.7 Å². The number of carbonyl (C=O) groups is 2. The summed E-state index contributed by atoms with van der Waals surface area (Å²) >= 11 is 0. The highest BCUT2D eigenvalue weighted by Crippen LogP contribution is 2.23. The molecule has 0 bridgehead atoms. The van der Waals surface area contributed by atoms with E-state index in [0.717, 1.165) is 11.3 Å². The van der Waals surface area contributed by atoms with E-state index in [0.29, 0.717) is 24.9 Å². The van der Waals surface area contributed by atoms with E-state index in [1.807, 2.05) is 31.4 Å². The number of imide groups is 1. The van der Waals surface area contributed by atoms with Crippen LogP contribution in [0.5, 0.6) is 0 Å². The van der Waals surface area contributed by atoms with Gasteiger partial charge in [-0.3, -0.25) is 14.6 Å². The van der Waals surface area contributed by atoms with E-state index >= 15 is 0 Å². The van der Waals surface area contributed by atoms with Crippen LogP contribution < -0.4 is 0 Å². The number of fused-ring (bicyclic) bond motifs is 2. The number of nitrogens with zero attached hydrogens (tertiary/aromatic N) is 6.